The van der Waals surface area contributed by atoms with E-state index in [2.05, 4.69) is 4.98 Å². The molecule has 1 heterocycles. The molecule has 0 aliphatic carbocycles. The fraction of sp³-hybridized carbons (Fsp3) is 0.200. The van der Waals surface area contributed by atoms with Crippen LogP contribution in [-0.4, -0.2) is 30.8 Å². The molecule has 0 fully saturated rings. The van der Waals surface area contributed by atoms with Gasteiger partial charge in [0.1, 0.15) is 35.0 Å². The second kappa shape index (κ2) is 8.64. The minimum absolute atomic E-state index is 0.110. The summed E-state index contributed by atoms with van der Waals surface area (Å²) < 4.78 is 29.2. The van der Waals surface area contributed by atoms with Gasteiger partial charge in [0, 0.05) is 11.4 Å². The Morgan fingerprint density at radius 3 is 2.81 bits per heavy atom. The number of carbonyl (C=O) groups is 1. The first-order valence-electron chi connectivity index (χ1n) is 8.25. The smallest absolute Gasteiger partial charge is 0.358 e. The maximum atomic E-state index is 13.1. The predicted molar refractivity (Wildman–Crippen MR) is 101 cm³/mol. The van der Waals surface area contributed by atoms with Crippen molar-refractivity contribution in [3.63, 3.8) is 0 Å². The highest BCUT2D eigenvalue weighted by atomic mass is 32.1. The van der Waals surface area contributed by atoms with Crippen molar-refractivity contribution >= 4 is 17.3 Å². The number of benzene rings is 2. The van der Waals surface area contributed by atoms with E-state index in [4.69, 9.17) is 14.2 Å². The van der Waals surface area contributed by atoms with Gasteiger partial charge in [-0.05, 0) is 31.2 Å². The summed E-state index contributed by atoms with van der Waals surface area (Å²) in [5, 5.41) is 2.31. The Labute approximate surface area is 160 Å². The summed E-state index contributed by atoms with van der Waals surface area (Å²) in [6, 6.07) is 13.2. The second-order valence-electron chi connectivity index (χ2n) is 5.72. The van der Waals surface area contributed by atoms with Gasteiger partial charge in [0.25, 0.3) is 0 Å². The van der Waals surface area contributed by atoms with Gasteiger partial charge in [0.15, 0.2) is 5.69 Å². The molecule has 1 aromatic heterocycles. The molecule has 0 spiro atoms. The maximum Gasteiger partial charge on any atom is 0.358 e. The third-order valence-corrected chi connectivity index (χ3v) is 4.52. The zero-order valence-corrected chi connectivity index (χ0v) is 15.7. The number of esters is 1. The van der Waals surface area contributed by atoms with E-state index >= 15 is 0 Å². The van der Waals surface area contributed by atoms with Gasteiger partial charge >= 0.3 is 5.97 Å². The molecule has 0 saturated heterocycles. The lowest BCUT2D eigenvalue weighted by atomic mass is 10.2. The molecule has 5 nitrogen and oxygen atoms in total. The Kier molecular flexibility index (Phi) is 6.03. The van der Waals surface area contributed by atoms with E-state index in [0.717, 1.165) is 5.56 Å². The number of hydrogen-bond acceptors (Lipinski definition) is 6. The number of para-hydroxylation sites is 1. The number of carbonyl (C=O) groups excluding carboxylic acids is 1. The van der Waals surface area contributed by atoms with Crippen LogP contribution in [0.1, 0.15) is 17.4 Å². The quantitative estimate of drug-likeness (QED) is 0.555. The Bertz CT molecular complexity index is 928. The molecular weight excluding hydrogens is 369 g/mol. The van der Waals surface area contributed by atoms with E-state index in [1.165, 1.54) is 23.5 Å². The van der Waals surface area contributed by atoms with Gasteiger partial charge in [-0.2, -0.15) is 0 Å². The van der Waals surface area contributed by atoms with Crippen LogP contribution in [0, 0.1) is 5.82 Å². The zero-order valence-electron chi connectivity index (χ0n) is 14.8. The molecule has 0 amide bonds. The topological polar surface area (TPSA) is 57.7 Å². The Hall–Kier alpha value is -2.93. The van der Waals surface area contributed by atoms with Crippen molar-refractivity contribution in [1.29, 1.82) is 0 Å². The summed E-state index contributed by atoms with van der Waals surface area (Å²) in [6.07, 6.45) is -0.517. The molecule has 0 saturated carbocycles. The van der Waals surface area contributed by atoms with Gasteiger partial charge in [0.05, 0.1) is 12.7 Å². The number of aromatic nitrogens is 1. The van der Waals surface area contributed by atoms with Gasteiger partial charge in [-0.3, -0.25) is 0 Å². The van der Waals surface area contributed by atoms with E-state index in [1.54, 1.807) is 31.5 Å². The average Bonchev–Trinajstić information content (AvgIpc) is 3.16. The summed E-state index contributed by atoms with van der Waals surface area (Å²) in [5.41, 5.74) is 1.03. The number of methoxy groups -OCH3 is 1. The fourth-order valence-corrected chi connectivity index (χ4v) is 3.18. The molecule has 0 radical (unpaired) electrons. The summed E-state index contributed by atoms with van der Waals surface area (Å²) >= 11 is 1.33. The molecule has 3 rings (SSSR count). The van der Waals surface area contributed by atoms with Crippen LogP contribution < -0.4 is 9.47 Å². The highest BCUT2D eigenvalue weighted by molar-refractivity contribution is 7.13. The van der Waals surface area contributed by atoms with Gasteiger partial charge < -0.3 is 14.2 Å². The Morgan fingerprint density at radius 1 is 1.22 bits per heavy atom. The predicted octanol–water partition coefficient (Wildman–Crippen LogP) is 4.58. The SMILES string of the molecule is COc1ccccc1-c1nc(C(=O)OC(C)COc2cccc(F)c2)cs1. The normalized spacial score (nSPS) is 11.7. The van der Waals surface area contributed by atoms with Crippen molar-refractivity contribution in [2.24, 2.45) is 0 Å². The van der Waals surface area contributed by atoms with Crippen LogP contribution in [0.25, 0.3) is 10.6 Å². The third-order valence-electron chi connectivity index (χ3n) is 3.64. The molecule has 1 atom stereocenters. The highest BCUT2D eigenvalue weighted by Crippen LogP contribution is 2.32. The van der Waals surface area contributed by atoms with E-state index in [9.17, 15) is 9.18 Å². The average molecular weight is 387 g/mol. The van der Waals surface area contributed by atoms with Crippen molar-refractivity contribution in [3.05, 3.63) is 65.4 Å². The van der Waals surface area contributed by atoms with Crippen LogP contribution in [0.5, 0.6) is 11.5 Å². The number of nitrogens with zero attached hydrogens (tertiary/aromatic N) is 1. The highest BCUT2D eigenvalue weighted by Gasteiger charge is 2.18. The van der Waals surface area contributed by atoms with E-state index in [1.807, 2.05) is 24.3 Å². The first kappa shape index (κ1) is 18.8. The Balaban J connectivity index is 1.60. The van der Waals surface area contributed by atoms with Gasteiger partial charge in [0.2, 0.25) is 0 Å². The standard InChI is InChI=1S/C20H18FNO4S/c1-13(11-25-15-7-5-6-14(21)10-15)26-20(23)17-12-27-19(22-17)16-8-3-4-9-18(16)24-2/h3-10,12-13H,11H2,1-2H3. The molecule has 27 heavy (non-hydrogen) atoms. The first-order chi connectivity index (χ1) is 13.1. The minimum atomic E-state index is -0.539. The molecule has 0 bridgehead atoms. The lowest BCUT2D eigenvalue weighted by Gasteiger charge is -2.13. The van der Waals surface area contributed by atoms with Gasteiger partial charge in [-0.1, -0.05) is 18.2 Å². The summed E-state index contributed by atoms with van der Waals surface area (Å²) in [6.45, 7) is 1.81. The van der Waals surface area contributed by atoms with Crippen LogP contribution in [0.15, 0.2) is 53.9 Å². The van der Waals surface area contributed by atoms with Crippen molar-refractivity contribution in [3.8, 4) is 22.1 Å². The molecular formula is C20H18FNO4S. The van der Waals surface area contributed by atoms with Crippen LogP contribution in [0.3, 0.4) is 0 Å². The van der Waals surface area contributed by atoms with E-state index in [0.29, 0.717) is 16.5 Å². The van der Waals surface area contributed by atoms with Crippen molar-refractivity contribution < 1.29 is 23.4 Å². The summed E-state index contributed by atoms with van der Waals surface area (Å²) in [5.74, 6) is 0.139. The molecule has 1 unspecified atom stereocenters. The van der Waals surface area contributed by atoms with Crippen LogP contribution in [-0.2, 0) is 4.74 Å². The molecule has 7 heteroatoms. The zero-order chi connectivity index (χ0) is 19.2. The van der Waals surface area contributed by atoms with Crippen LogP contribution in [0.4, 0.5) is 4.39 Å². The lowest BCUT2D eigenvalue weighted by Crippen LogP contribution is -2.22. The molecule has 3 aromatic rings. The number of thiazole rings is 1. The van der Waals surface area contributed by atoms with Gasteiger partial charge in [-0.25, -0.2) is 14.2 Å². The molecule has 0 aliphatic heterocycles. The molecule has 0 aliphatic rings. The maximum absolute atomic E-state index is 13.1. The number of ether oxygens (including phenoxy) is 3. The monoisotopic (exact) mass is 387 g/mol. The minimum Gasteiger partial charge on any atom is -0.496 e. The van der Waals surface area contributed by atoms with Crippen molar-refractivity contribution in [1.82, 2.24) is 4.98 Å². The third kappa shape index (κ3) is 4.83. The molecule has 0 N–H and O–H groups in total. The van der Waals surface area contributed by atoms with Gasteiger partial charge in [-0.15, -0.1) is 11.3 Å². The van der Waals surface area contributed by atoms with Crippen molar-refractivity contribution in [2.45, 2.75) is 13.0 Å². The summed E-state index contributed by atoms with van der Waals surface area (Å²) in [4.78, 5) is 16.6. The fourth-order valence-electron chi connectivity index (χ4n) is 2.36. The van der Waals surface area contributed by atoms with E-state index in [-0.39, 0.29) is 18.1 Å². The number of hydrogen-bond donors (Lipinski definition) is 0. The number of halogens is 1. The number of rotatable bonds is 7. The second-order valence-corrected chi connectivity index (χ2v) is 6.58. The Morgan fingerprint density at radius 2 is 2.04 bits per heavy atom. The summed E-state index contributed by atoms with van der Waals surface area (Å²) in [7, 11) is 1.59. The van der Waals surface area contributed by atoms with E-state index < -0.39 is 12.1 Å². The van der Waals surface area contributed by atoms with Crippen LogP contribution >= 0.6 is 11.3 Å². The molecule has 140 valence electrons. The largest absolute Gasteiger partial charge is 0.496 e. The lowest BCUT2D eigenvalue weighted by molar-refractivity contribution is 0.0222. The molecule has 2 aromatic carbocycles. The van der Waals surface area contributed by atoms with Crippen molar-refractivity contribution in [2.75, 3.05) is 13.7 Å². The first-order valence-corrected chi connectivity index (χ1v) is 9.13. The van der Waals surface area contributed by atoms with Crippen LogP contribution in [0.2, 0.25) is 0 Å².